The van der Waals surface area contributed by atoms with Gasteiger partial charge < -0.3 is 20.4 Å². The first-order valence-electron chi connectivity index (χ1n) is 11.5. The molecule has 0 bridgehead atoms. The number of anilines is 3. The molecule has 0 atom stereocenters. The number of amides is 2. The van der Waals surface area contributed by atoms with Crippen LogP contribution in [0.25, 0.3) is 11.3 Å². The van der Waals surface area contributed by atoms with Crippen LogP contribution in [0.1, 0.15) is 24.5 Å². The van der Waals surface area contributed by atoms with E-state index in [4.69, 9.17) is 0 Å². The average molecular weight is 473 g/mol. The molecule has 6 nitrogen and oxygen atoms in total. The predicted molar refractivity (Wildman–Crippen MR) is 140 cm³/mol. The van der Waals surface area contributed by atoms with Crippen molar-refractivity contribution in [3.05, 3.63) is 89.7 Å². The lowest BCUT2D eigenvalue weighted by Gasteiger charge is -2.23. The third-order valence-corrected chi connectivity index (χ3v) is 5.85. The molecule has 35 heavy (non-hydrogen) atoms. The van der Waals surface area contributed by atoms with Gasteiger partial charge in [-0.3, -0.25) is 9.59 Å². The molecular formula is C28H29FN4O2. The van der Waals surface area contributed by atoms with Gasteiger partial charge in [0, 0.05) is 30.4 Å². The summed E-state index contributed by atoms with van der Waals surface area (Å²) < 4.78 is 13.8. The topological polar surface area (TPSA) is 64.7 Å². The quantitative estimate of drug-likeness (QED) is 0.450. The van der Waals surface area contributed by atoms with E-state index in [1.54, 1.807) is 17.9 Å². The van der Waals surface area contributed by atoms with Crippen molar-refractivity contribution in [3.63, 3.8) is 0 Å². The van der Waals surface area contributed by atoms with Gasteiger partial charge in [0.25, 0.3) is 5.91 Å². The fourth-order valence-corrected chi connectivity index (χ4v) is 4.16. The average Bonchev–Trinajstić information content (AvgIpc) is 3.15. The number of halogens is 1. The van der Waals surface area contributed by atoms with Crippen LogP contribution >= 0.6 is 0 Å². The predicted octanol–water partition coefficient (Wildman–Crippen LogP) is 5.06. The van der Waals surface area contributed by atoms with Gasteiger partial charge >= 0.3 is 0 Å². The van der Waals surface area contributed by atoms with E-state index < -0.39 is 5.82 Å². The molecule has 0 unspecified atom stereocenters. The largest absolute Gasteiger partial charge is 0.354 e. The molecule has 0 saturated carbocycles. The van der Waals surface area contributed by atoms with Crippen LogP contribution < -0.4 is 15.5 Å². The van der Waals surface area contributed by atoms with E-state index in [0.717, 1.165) is 29.9 Å². The normalized spacial score (nSPS) is 13.9. The number of hydrogen-bond donors (Lipinski definition) is 2. The highest BCUT2D eigenvalue weighted by Gasteiger charge is 2.28. The molecular weight excluding hydrogens is 443 g/mol. The van der Waals surface area contributed by atoms with Crippen molar-refractivity contribution in [3.8, 4) is 0 Å². The van der Waals surface area contributed by atoms with E-state index in [2.05, 4.69) is 15.5 Å². The van der Waals surface area contributed by atoms with Crippen LogP contribution in [0.15, 0.2) is 72.8 Å². The van der Waals surface area contributed by atoms with Crippen LogP contribution in [-0.2, 0) is 9.59 Å². The van der Waals surface area contributed by atoms with E-state index >= 15 is 0 Å². The highest BCUT2D eigenvalue weighted by atomic mass is 19.1. The zero-order valence-electron chi connectivity index (χ0n) is 20.1. The Balaban J connectivity index is 1.66. The monoisotopic (exact) mass is 472 g/mol. The van der Waals surface area contributed by atoms with E-state index in [1.807, 2.05) is 68.7 Å². The summed E-state index contributed by atoms with van der Waals surface area (Å²) in [6.45, 7) is 3.09. The highest BCUT2D eigenvalue weighted by Crippen LogP contribution is 2.38. The Morgan fingerprint density at radius 1 is 0.971 bits per heavy atom. The first-order chi connectivity index (χ1) is 16.8. The van der Waals surface area contributed by atoms with Crippen molar-refractivity contribution >= 4 is 40.1 Å². The molecule has 0 spiro atoms. The maximum absolute atomic E-state index is 13.8. The van der Waals surface area contributed by atoms with E-state index in [0.29, 0.717) is 29.1 Å². The molecule has 7 heteroatoms. The zero-order valence-corrected chi connectivity index (χ0v) is 20.1. The van der Waals surface area contributed by atoms with Gasteiger partial charge in [0.15, 0.2) is 0 Å². The molecule has 3 aromatic carbocycles. The first-order valence-corrected chi connectivity index (χ1v) is 11.5. The molecule has 0 aliphatic carbocycles. The molecule has 2 N–H and O–H groups in total. The van der Waals surface area contributed by atoms with Gasteiger partial charge in [0.1, 0.15) is 5.82 Å². The standard InChI is InChI=1S/C28H29FN4O2/c1-19(34)33(17-7-16-32(2)3)23-13-11-22(12-14-23)30-27(20-8-5-4-6-9-20)26-24-15-10-21(29)18-25(24)31-28(26)35/h4-6,8-15,18,30H,7,16-17H2,1-3H3,(H,31,35). The molecule has 1 aliphatic heterocycles. The maximum Gasteiger partial charge on any atom is 0.258 e. The molecule has 0 fully saturated rings. The number of hydrogen-bond acceptors (Lipinski definition) is 4. The van der Waals surface area contributed by atoms with Crippen LogP contribution in [0.3, 0.4) is 0 Å². The lowest BCUT2D eigenvalue weighted by Crippen LogP contribution is -2.31. The summed E-state index contributed by atoms with van der Waals surface area (Å²) in [6, 6.07) is 21.4. The van der Waals surface area contributed by atoms with Crippen molar-refractivity contribution in [2.75, 3.05) is 42.7 Å². The van der Waals surface area contributed by atoms with Crippen LogP contribution in [0.2, 0.25) is 0 Å². The second-order valence-electron chi connectivity index (χ2n) is 8.76. The number of rotatable bonds is 8. The molecule has 3 aromatic rings. The Bertz CT molecular complexity index is 1250. The molecule has 2 amide bonds. The summed E-state index contributed by atoms with van der Waals surface area (Å²) in [5.74, 6) is -0.712. The van der Waals surface area contributed by atoms with Gasteiger partial charge in [0.2, 0.25) is 5.91 Å². The second-order valence-corrected chi connectivity index (χ2v) is 8.76. The van der Waals surface area contributed by atoms with E-state index in [-0.39, 0.29) is 11.8 Å². The molecule has 0 saturated heterocycles. The molecule has 4 rings (SSSR count). The minimum Gasteiger partial charge on any atom is -0.354 e. The lowest BCUT2D eigenvalue weighted by molar-refractivity contribution is -0.116. The van der Waals surface area contributed by atoms with Crippen LogP contribution in [0.5, 0.6) is 0 Å². The van der Waals surface area contributed by atoms with Gasteiger partial charge in [-0.05, 0) is 75.1 Å². The van der Waals surface area contributed by atoms with E-state index in [9.17, 15) is 14.0 Å². The fourth-order valence-electron chi connectivity index (χ4n) is 4.16. The Morgan fingerprint density at radius 2 is 1.69 bits per heavy atom. The lowest BCUT2D eigenvalue weighted by atomic mass is 10.00. The zero-order chi connectivity index (χ0) is 24.9. The number of carbonyl (C=O) groups excluding carboxylic acids is 2. The fraction of sp³-hybridized carbons (Fsp3) is 0.214. The summed E-state index contributed by atoms with van der Waals surface area (Å²) in [5, 5.41) is 6.16. The summed E-state index contributed by atoms with van der Waals surface area (Å²) in [7, 11) is 4.02. The van der Waals surface area contributed by atoms with E-state index in [1.165, 1.54) is 12.1 Å². The third kappa shape index (κ3) is 5.58. The summed E-state index contributed by atoms with van der Waals surface area (Å²) >= 11 is 0. The Morgan fingerprint density at radius 3 is 2.34 bits per heavy atom. The van der Waals surface area contributed by atoms with Crippen LogP contribution in [-0.4, -0.2) is 43.9 Å². The third-order valence-electron chi connectivity index (χ3n) is 5.85. The minimum absolute atomic E-state index is 0.0111. The summed E-state index contributed by atoms with van der Waals surface area (Å²) in [5.41, 5.74) is 4.57. The molecule has 1 aliphatic rings. The van der Waals surface area contributed by atoms with Crippen molar-refractivity contribution in [1.29, 1.82) is 0 Å². The Kier molecular flexibility index (Phi) is 7.27. The molecule has 0 radical (unpaired) electrons. The first kappa shape index (κ1) is 24.2. The van der Waals surface area contributed by atoms with Crippen LogP contribution in [0, 0.1) is 5.82 Å². The van der Waals surface area contributed by atoms with Crippen molar-refractivity contribution in [1.82, 2.24) is 4.90 Å². The molecule has 0 aromatic heterocycles. The van der Waals surface area contributed by atoms with Gasteiger partial charge in [-0.1, -0.05) is 30.3 Å². The van der Waals surface area contributed by atoms with Gasteiger partial charge in [-0.2, -0.15) is 0 Å². The smallest absolute Gasteiger partial charge is 0.258 e. The highest BCUT2D eigenvalue weighted by molar-refractivity contribution is 6.37. The number of carbonyl (C=O) groups is 2. The van der Waals surface area contributed by atoms with Crippen molar-refractivity contribution in [2.24, 2.45) is 0 Å². The SMILES string of the molecule is CC(=O)N(CCCN(C)C)c1ccc(NC(=C2C(=O)Nc3cc(F)ccc32)c2ccccc2)cc1. The van der Waals surface area contributed by atoms with Crippen molar-refractivity contribution < 1.29 is 14.0 Å². The minimum atomic E-state index is -0.407. The Labute approximate surface area is 205 Å². The van der Waals surface area contributed by atoms with Crippen molar-refractivity contribution in [2.45, 2.75) is 13.3 Å². The van der Waals surface area contributed by atoms with Gasteiger partial charge in [-0.25, -0.2) is 4.39 Å². The Hall–Kier alpha value is -3.97. The summed E-state index contributed by atoms with van der Waals surface area (Å²) in [6.07, 6.45) is 0.867. The number of fused-ring (bicyclic) bond motifs is 1. The van der Waals surface area contributed by atoms with Gasteiger partial charge in [-0.15, -0.1) is 0 Å². The number of nitrogens with zero attached hydrogens (tertiary/aromatic N) is 2. The van der Waals surface area contributed by atoms with Crippen LogP contribution in [0.4, 0.5) is 21.5 Å². The number of benzene rings is 3. The second kappa shape index (κ2) is 10.5. The molecule has 180 valence electrons. The maximum atomic E-state index is 13.8. The molecule has 1 heterocycles. The summed E-state index contributed by atoms with van der Waals surface area (Å²) in [4.78, 5) is 29.0. The number of nitrogens with one attached hydrogen (secondary N) is 2. The van der Waals surface area contributed by atoms with Gasteiger partial charge in [0.05, 0.1) is 17.0 Å².